The zero-order valence-electron chi connectivity index (χ0n) is 21.0. The predicted molar refractivity (Wildman–Crippen MR) is 139 cm³/mol. The minimum atomic E-state index is -0.779. The lowest BCUT2D eigenvalue weighted by atomic mass is 9.86. The summed E-state index contributed by atoms with van der Waals surface area (Å²) < 4.78 is 5.33. The zero-order valence-corrected chi connectivity index (χ0v) is 22.7. The first-order valence-electron chi connectivity index (χ1n) is 11.4. The normalized spacial score (nSPS) is 19.5. The number of amides is 2. The third kappa shape index (κ3) is 6.80. The molecule has 1 aromatic heterocycles. The quantitative estimate of drug-likeness (QED) is 0.560. The topological polar surface area (TPSA) is 115 Å². The van der Waals surface area contributed by atoms with Gasteiger partial charge < -0.3 is 20.7 Å². The molecule has 1 aromatic carbocycles. The van der Waals surface area contributed by atoms with Crippen LogP contribution < -0.4 is 11.1 Å². The van der Waals surface area contributed by atoms with E-state index in [9.17, 15) is 14.4 Å². The predicted octanol–water partition coefficient (Wildman–Crippen LogP) is 3.62. The molecule has 0 bridgehead atoms. The van der Waals surface area contributed by atoms with Crippen molar-refractivity contribution in [1.29, 1.82) is 0 Å². The highest BCUT2D eigenvalue weighted by atomic mass is 35.5. The molecule has 2 amide bonds. The van der Waals surface area contributed by atoms with Crippen molar-refractivity contribution in [2.45, 2.75) is 72.2 Å². The molecule has 4 atom stereocenters. The van der Waals surface area contributed by atoms with Crippen molar-refractivity contribution in [3.8, 4) is 10.4 Å². The Kier molecular flexibility index (Phi) is 9.44. The fraction of sp³-hybridized carbons (Fsp3) is 0.520. The molecule has 10 heteroatoms. The molecular formula is C25H35ClN4O4S. The van der Waals surface area contributed by atoms with Gasteiger partial charge in [0.15, 0.2) is 0 Å². The number of likely N-dealkylation sites (tertiary alicyclic amines) is 1. The Bertz CT molecular complexity index is 1050. The molecule has 1 aliphatic rings. The Labute approximate surface area is 217 Å². The number of rotatable bonds is 6. The first-order chi connectivity index (χ1) is 15.9. The average molecular weight is 523 g/mol. The number of esters is 1. The number of nitrogens with two attached hydrogens (primary N) is 1. The van der Waals surface area contributed by atoms with Crippen molar-refractivity contribution >= 4 is 41.5 Å². The molecule has 0 spiro atoms. The van der Waals surface area contributed by atoms with Crippen LogP contribution in [0.15, 0.2) is 29.8 Å². The van der Waals surface area contributed by atoms with Gasteiger partial charge in [0.1, 0.15) is 12.1 Å². The van der Waals surface area contributed by atoms with Crippen molar-refractivity contribution in [2.75, 3.05) is 6.54 Å². The molecule has 8 nitrogen and oxygen atoms in total. The van der Waals surface area contributed by atoms with Crippen LogP contribution in [0.2, 0.25) is 0 Å². The number of thiazole rings is 1. The molecule has 0 aliphatic carbocycles. The molecule has 35 heavy (non-hydrogen) atoms. The Morgan fingerprint density at radius 1 is 1.23 bits per heavy atom. The molecule has 1 aliphatic heterocycles. The fourth-order valence-corrected chi connectivity index (χ4v) is 4.87. The lowest BCUT2D eigenvalue weighted by Crippen LogP contribution is -2.55. The molecule has 3 rings (SSSR count). The summed E-state index contributed by atoms with van der Waals surface area (Å²) in [6, 6.07) is 6.19. The van der Waals surface area contributed by atoms with Gasteiger partial charge in [0.2, 0.25) is 11.8 Å². The minimum Gasteiger partial charge on any atom is -0.461 e. The number of benzene rings is 1. The minimum absolute atomic E-state index is 0. The molecule has 1 saturated heterocycles. The SMILES string of the molecule is CC(=O)O[C@@H]1C[C@@H](C(=O)NC(C)c2ccc(-c3scnc3C)cc2)N(C(=O)C(N)C(C)(C)C)C1.Cl. The van der Waals surface area contributed by atoms with Crippen LogP contribution in [0.25, 0.3) is 10.4 Å². The van der Waals surface area contributed by atoms with Gasteiger partial charge in [-0.2, -0.15) is 0 Å². The number of halogens is 1. The van der Waals surface area contributed by atoms with Crippen molar-refractivity contribution in [3.63, 3.8) is 0 Å². The van der Waals surface area contributed by atoms with E-state index in [1.54, 1.807) is 11.3 Å². The molecule has 192 valence electrons. The zero-order chi connectivity index (χ0) is 25.2. The van der Waals surface area contributed by atoms with E-state index in [-0.39, 0.29) is 43.2 Å². The number of nitrogens with zero attached hydrogens (tertiary/aromatic N) is 2. The lowest BCUT2D eigenvalue weighted by Gasteiger charge is -2.32. The maximum Gasteiger partial charge on any atom is 0.302 e. The van der Waals surface area contributed by atoms with Crippen LogP contribution >= 0.6 is 23.7 Å². The summed E-state index contributed by atoms with van der Waals surface area (Å²) in [5, 5.41) is 3.02. The van der Waals surface area contributed by atoms with Gasteiger partial charge in [-0.25, -0.2) is 4.98 Å². The number of carbonyl (C=O) groups excluding carboxylic acids is 3. The second kappa shape index (κ2) is 11.5. The second-order valence-corrected chi connectivity index (χ2v) is 10.8. The van der Waals surface area contributed by atoms with E-state index in [0.29, 0.717) is 0 Å². The van der Waals surface area contributed by atoms with E-state index >= 15 is 0 Å². The van der Waals surface area contributed by atoms with Crippen LogP contribution in [0, 0.1) is 12.3 Å². The van der Waals surface area contributed by atoms with E-state index in [2.05, 4.69) is 10.3 Å². The summed E-state index contributed by atoms with van der Waals surface area (Å²) in [5.74, 6) is -1.05. The molecule has 2 unspecified atom stereocenters. The number of aromatic nitrogens is 1. The summed E-state index contributed by atoms with van der Waals surface area (Å²) in [6.07, 6.45) is -0.300. The van der Waals surface area contributed by atoms with Crippen LogP contribution in [0.1, 0.15) is 58.3 Å². The van der Waals surface area contributed by atoms with Gasteiger partial charge in [-0.15, -0.1) is 23.7 Å². The van der Waals surface area contributed by atoms with Gasteiger partial charge in [-0.05, 0) is 30.4 Å². The molecule has 0 radical (unpaired) electrons. The van der Waals surface area contributed by atoms with Crippen molar-refractivity contribution in [3.05, 3.63) is 41.0 Å². The summed E-state index contributed by atoms with van der Waals surface area (Å²) >= 11 is 1.59. The monoisotopic (exact) mass is 522 g/mol. The van der Waals surface area contributed by atoms with Gasteiger partial charge in [0.05, 0.1) is 34.7 Å². The van der Waals surface area contributed by atoms with Gasteiger partial charge in [-0.3, -0.25) is 14.4 Å². The van der Waals surface area contributed by atoms with E-state index < -0.39 is 29.6 Å². The number of hydrogen-bond acceptors (Lipinski definition) is 7. The Hall–Kier alpha value is -2.49. The van der Waals surface area contributed by atoms with Gasteiger partial charge in [0.25, 0.3) is 0 Å². The fourth-order valence-electron chi connectivity index (χ4n) is 4.05. The molecular weight excluding hydrogens is 488 g/mol. The Balaban J connectivity index is 0.00000432. The van der Waals surface area contributed by atoms with E-state index in [4.69, 9.17) is 10.5 Å². The van der Waals surface area contributed by atoms with Gasteiger partial charge in [-0.1, -0.05) is 45.0 Å². The van der Waals surface area contributed by atoms with Crippen LogP contribution in [0.5, 0.6) is 0 Å². The summed E-state index contributed by atoms with van der Waals surface area (Å²) in [6.45, 7) is 11.0. The van der Waals surface area contributed by atoms with Gasteiger partial charge in [0, 0.05) is 13.3 Å². The van der Waals surface area contributed by atoms with Crippen LogP contribution in [-0.4, -0.2) is 52.4 Å². The van der Waals surface area contributed by atoms with Crippen LogP contribution in [-0.2, 0) is 19.1 Å². The molecule has 3 N–H and O–H groups in total. The van der Waals surface area contributed by atoms with Crippen LogP contribution in [0.4, 0.5) is 0 Å². The van der Waals surface area contributed by atoms with E-state index in [1.807, 2.05) is 64.4 Å². The third-order valence-corrected chi connectivity index (χ3v) is 7.13. The molecule has 1 fully saturated rings. The maximum atomic E-state index is 13.3. The molecule has 0 saturated carbocycles. The van der Waals surface area contributed by atoms with Crippen molar-refractivity contribution < 1.29 is 19.1 Å². The number of carbonyl (C=O) groups is 3. The van der Waals surface area contributed by atoms with Crippen molar-refractivity contribution in [1.82, 2.24) is 15.2 Å². The summed E-state index contributed by atoms with van der Waals surface area (Å²) in [5.41, 5.74) is 10.6. The largest absolute Gasteiger partial charge is 0.461 e. The van der Waals surface area contributed by atoms with E-state index in [1.165, 1.54) is 11.8 Å². The average Bonchev–Trinajstić information content (AvgIpc) is 3.37. The summed E-state index contributed by atoms with van der Waals surface area (Å²) in [7, 11) is 0. The Morgan fingerprint density at radius 2 is 1.86 bits per heavy atom. The highest BCUT2D eigenvalue weighted by Gasteiger charge is 2.44. The number of ether oxygens (including phenoxy) is 1. The number of nitrogens with one attached hydrogen (secondary N) is 1. The highest BCUT2D eigenvalue weighted by molar-refractivity contribution is 7.13. The standard InChI is InChI=1S/C25H34N4O4S.ClH/c1-14(17-7-9-18(10-8-17)21-15(2)27-13-34-21)28-23(31)20-11-19(33-16(3)30)12-29(20)24(32)22(26)25(4,5)6;/h7-10,13-14,19-20,22H,11-12,26H2,1-6H3,(H,28,31);1H/t14?,19-,20+,22?;/m1./s1. The van der Waals surface area contributed by atoms with Crippen LogP contribution in [0.3, 0.4) is 0 Å². The lowest BCUT2D eigenvalue weighted by molar-refractivity contribution is -0.147. The molecule has 2 heterocycles. The van der Waals surface area contributed by atoms with E-state index in [0.717, 1.165) is 21.7 Å². The Morgan fingerprint density at radius 3 is 2.37 bits per heavy atom. The second-order valence-electron chi connectivity index (χ2n) is 9.94. The first-order valence-corrected chi connectivity index (χ1v) is 12.3. The smallest absolute Gasteiger partial charge is 0.302 e. The molecule has 2 aromatic rings. The third-order valence-electron chi connectivity index (χ3n) is 6.16. The highest BCUT2D eigenvalue weighted by Crippen LogP contribution is 2.29. The number of hydrogen-bond donors (Lipinski definition) is 2. The van der Waals surface area contributed by atoms with Crippen molar-refractivity contribution in [2.24, 2.45) is 11.1 Å². The maximum absolute atomic E-state index is 13.3. The first kappa shape index (κ1) is 28.7. The van der Waals surface area contributed by atoms with Gasteiger partial charge >= 0.3 is 5.97 Å². The summed E-state index contributed by atoms with van der Waals surface area (Å²) in [4.78, 5) is 44.8. The number of aryl methyl sites for hydroxylation is 1.